The molecule has 3 saturated heterocycles. The lowest BCUT2D eigenvalue weighted by Crippen LogP contribution is -2.60. The van der Waals surface area contributed by atoms with E-state index >= 15 is 0 Å². The van der Waals surface area contributed by atoms with E-state index in [1.165, 1.54) is 0 Å². The van der Waals surface area contributed by atoms with Crippen LogP contribution in [0.2, 0.25) is 0 Å². The second-order valence-electron chi connectivity index (χ2n) is 8.76. The van der Waals surface area contributed by atoms with Crippen molar-refractivity contribution < 1.29 is 55.2 Å². The maximum atomic E-state index is 13.3. The predicted molar refractivity (Wildman–Crippen MR) is 111 cm³/mol. The molecule has 6 unspecified atom stereocenters. The maximum Gasteiger partial charge on any atom is 0.363 e. The summed E-state index contributed by atoms with van der Waals surface area (Å²) in [5, 5.41) is 81.2. The molecule has 3 heterocycles. The van der Waals surface area contributed by atoms with Crippen LogP contribution in [0.15, 0.2) is 0 Å². The van der Waals surface area contributed by atoms with Crippen LogP contribution in [0.3, 0.4) is 0 Å². The van der Waals surface area contributed by atoms with Crippen LogP contribution in [0.25, 0.3) is 0 Å². The van der Waals surface area contributed by atoms with Gasteiger partial charge in [0.25, 0.3) is 0 Å². The van der Waals surface area contributed by atoms with Crippen LogP contribution in [0.1, 0.15) is 19.8 Å². The monoisotopic (exact) mass is 508 g/mol. The van der Waals surface area contributed by atoms with Crippen molar-refractivity contribution in [3.63, 3.8) is 0 Å². The number of urea groups is 3. The minimum absolute atomic E-state index is 0.0293. The first-order chi connectivity index (χ1) is 16.4. The molecule has 200 valence electrons. The number of aliphatic hydroxyl groups excluding tert-OH is 7. The van der Waals surface area contributed by atoms with Gasteiger partial charge < -0.3 is 50.7 Å². The Balaban J connectivity index is 1.80. The van der Waals surface area contributed by atoms with Crippen LogP contribution in [-0.2, 0) is 0 Å². The molecule has 8 N–H and O–H groups in total. The third kappa shape index (κ3) is 4.81. The first kappa shape index (κ1) is 27.1. The van der Waals surface area contributed by atoms with Crippen molar-refractivity contribution in [2.75, 3.05) is 39.4 Å². The summed E-state index contributed by atoms with van der Waals surface area (Å²) in [5.41, 5.74) is -2.53. The highest BCUT2D eigenvalue weighted by Crippen LogP contribution is 2.37. The summed E-state index contributed by atoms with van der Waals surface area (Å²) >= 11 is 0. The molecule has 3 rings (SSSR count). The molecule has 0 aliphatic carbocycles. The average Bonchev–Trinajstić information content (AvgIpc) is 3.31. The topological polar surface area (TPSA) is 232 Å². The summed E-state index contributed by atoms with van der Waals surface area (Å²) in [7, 11) is 0. The molecule has 17 nitrogen and oxygen atoms in total. The molecule has 0 aromatic heterocycles. The number of carbonyl (C=O) groups is 3. The Hall–Kier alpha value is -2.51. The van der Waals surface area contributed by atoms with Crippen molar-refractivity contribution in [2.45, 2.75) is 56.4 Å². The van der Waals surface area contributed by atoms with E-state index in [-0.39, 0.29) is 39.0 Å². The summed E-state index contributed by atoms with van der Waals surface area (Å²) in [6.07, 6.45) is -7.73. The van der Waals surface area contributed by atoms with Crippen LogP contribution < -0.4 is 0 Å². The van der Waals surface area contributed by atoms with E-state index in [0.29, 0.717) is 20.0 Å². The Kier molecular flexibility index (Phi) is 7.92. The second kappa shape index (κ2) is 10.2. The fraction of sp³-hybridized carbons (Fsp3) is 0.833. The van der Waals surface area contributed by atoms with Gasteiger partial charge >= 0.3 is 18.1 Å². The van der Waals surface area contributed by atoms with Crippen molar-refractivity contribution in [3.8, 4) is 0 Å². The molecular weight excluding hydrogens is 476 g/mol. The number of hydrazine groups is 2. The number of rotatable bonds is 10. The largest absolute Gasteiger partial charge is 0.394 e. The number of hydrogen-bond acceptors (Lipinski definition) is 11. The molecule has 3 aliphatic rings. The molecule has 0 radical (unpaired) electrons. The van der Waals surface area contributed by atoms with Gasteiger partial charge in [-0.1, -0.05) is 0 Å². The zero-order chi connectivity index (χ0) is 26.2. The van der Waals surface area contributed by atoms with E-state index in [1.807, 2.05) is 0 Å². The fourth-order valence-corrected chi connectivity index (χ4v) is 4.13. The third-order valence-electron chi connectivity index (χ3n) is 6.13. The summed E-state index contributed by atoms with van der Waals surface area (Å²) < 4.78 is 0. The van der Waals surface area contributed by atoms with Crippen molar-refractivity contribution in [3.05, 3.63) is 0 Å². The first-order valence-corrected chi connectivity index (χ1v) is 11.0. The van der Waals surface area contributed by atoms with Gasteiger partial charge in [-0.25, -0.2) is 14.4 Å². The number of amides is 6. The van der Waals surface area contributed by atoms with Gasteiger partial charge in [-0.15, -0.1) is 0 Å². The molecular formula is C18H32N6O11. The van der Waals surface area contributed by atoms with Crippen molar-refractivity contribution >= 4 is 18.1 Å². The molecule has 0 saturated carbocycles. The number of carbonyl (C=O) groups excluding carboxylic acids is 3. The van der Waals surface area contributed by atoms with Gasteiger partial charge in [-0.3, -0.25) is 0 Å². The molecule has 0 aromatic carbocycles. The molecule has 35 heavy (non-hydrogen) atoms. The highest BCUT2D eigenvalue weighted by molar-refractivity contribution is 5.86. The van der Waals surface area contributed by atoms with E-state index in [2.05, 4.69) is 0 Å². The lowest BCUT2D eigenvalue weighted by atomic mass is 10.2. The van der Waals surface area contributed by atoms with E-state index in [9.17, 15) is 45.0 Å². The van der Waals surface area contributed by atoms with Crippen molar-refractivity contribution in [1.82, 2.24) is 29.8 Å². The molecule has 3 aliphatic heterocycles. The van der Waals surface area contributed by atoms with Gasteiger partial charge in [0.15, 0.2) is 12.5 Å². The third-order valence-corrected chi connectivity index (χ3v) is 6.13. The SMILES string of the molecule is CC1(O)C(O)N(N2C(=O)N(CCC(O)CO)CC2O)C(=O)N1N1C(=O)N(CCC(O)CO)CC1O. The molecule has 0 aromatic rings. The number of hydrogen-bond donors (Lipinski definition) is 8. The van der Waals surface area contributed by atoms with E-state index in [1.54, 1.807) is 0 Å². The molecule has 0 spiro atoms. The molecule has 6 atom stereocenters. The zero-order valence-corrected chi connectivity index (χ0v) is 19.0. The van der Waals surface area contributed by atoms with Crippen LogP contribution in [0.4, 0.5) is 14.4 Å². The van der Waals surface area contributed by atoms with E-state index in [0.717, 1.165) is 16.7 Å². The van der Waals surface area contributed by atoms with Gasteiger partial charge in [-0.05, 0) is 19.8 Å². The normalized spacial score (nSPS) is 31.5. The Morgan fingerprint density at radius 2 is 1.23 bits per heavy atom. The second-order valence-corrected chi connectivity index (χ2v) is 8.76. The molecule has 3 fully saturated rings. The minimum Gasteiger partial charge on any atom is -0.394 e. The Labute approximate surface area is 199 Å². The van der Waals surface area contributed by atoms with Gasteiger partial charge in [0.2, 0.25) is 12.0 Å². The summed E-state index contributed by atoms with van der Waals surface area (Å²) in [6, 6.07) is -3.18. The van der Waals surface area contributed by atoms with Crippen molar-refractivity contribution in [2.24, 2.45) is 0 Å². The Morgan fingerprint density at radius 3 is 1.69 bits per heavy atom. The standard InChI is InChI=1S/C18H32N6O11/c1-18(35)14(31)23(21-12(29)6-19(15(21)32)4-2-10(27)8-25)17(34)24(18)22-13(30)7-20(16(22)33)5-3-11(28)9-26/h10-14,25-31,35H,2-9H2,1H3. The lowest BCUT2D eigenvalue weighted by Gasteiger charge is -2.36. The molecule has 6 amide bonds. The predicted octanol–water partition coefficient (Wildman–Crippen LogP) is -4.82. The molecule has 17 heteroatoms. The number of aliphatic hydroxyl groups is 8. The van der Waals surface area contributed by atoms with Gasteiger partial charge in [0, 0.05) is 13.1 Å². The zero-order valence-electron chi connectivity index (χ0n) is 19.0. The smallest absolute Gasteiger partial charge is 0.363 e. The van der Waals surface area contributed by atoms with Crippen LogP contribution in [0.5, 0.6) is 0 Å². The van der Waals surface area contributed by atoms with Gasteiger partial charge in [-0.2, -0.15) is 20.0 Å². The van der Waals surface area contributed by atoms with Crippen LogP contribution >= 0.6 is 0 Å². The lowest BCUT2D eigenvalue weighted by molar-refractivity contribution is -0.223. The fourth-order valence-electron chi connectivity index (χ4n) is 4.13. The Morgan fingerprint density at radius 1 is 0.800 bits per heavy atom. The van der Waals surface area contributed by atoms with Crippen molar-refractivity contribution in [1.29, 1.82) is 0 Å². The Bertz CT molecular complexity index is 818. The summed E-state index contributed by atoms with van der Waals surface area (Å²) in [5.74, 6) is 0. The minimum atomic E-state index is -2.53. The highest BCUT2D eigenvalue weighted by atomic mass is 16.4. The maximum absolute atomic E-state index is 13.3. The number of β-amino-alcohol motifs (C(OH)–C–C–N with tert-alkyl or cyclic N) is 2. The quantitative estimate of drug-likeness (QED) is 0.139. The summed E-state index contributed by atoms with van der Waals surface area (Å²) in [4.78, 5) is 41.1. The molecule has 0 bridgehead atoms. The van der Waals surface area contributed by atoms with Gasteiger partial charge in [0.05, 0.1) is 38.5 Å². The van der Waals surface area contributed by atoms with E-state index in [4.69, 9.17) is 10.2 Å². The average molecular weight is 508 g/mol. The van der Waals surface area contributed by atoms with Gasteiger partial charge in [0.1, 0.15) is 0 Å². The first-order valence-electron chi connectivity index (χ1n) is 11.0. The van der Waals surface area contributed by atoms with E-state index < -0.39 is 67.9 Å². The summed E-state index contributed by atoms with van der Waals surface area (Å²) in [6.45, 7) is -0.946. The van der Waals surface area contributed by atoms with Crippen LogP contribution in [-0.4, -0.2) is 165 Å². The number of nitrogens with zero attached hydrogens (tertiary/aromatic N) is 6. The van der Waals surface area contributed by atoms with Crippen LogP contribution in [0, 0.1) is 0 Å². The highest BCUT2D eigenvalue weighted by Gasteiger charge is 2.63.